The van der Waals surface area contributed by atoms with E-state index in [9.17, 15) is 18.5 Å². The Morgan fingerprint density at radius 3 is 2.58 bits per heavy atom. The molecule has 0 saturated carbocycles. The van der Waals surface area contributed by atoms with Gasteiger partial charge in [-0.15, -0.1) is 0 Å². The summed E-state index contributed by atoms with van der Waals surface area (Å²) in [6.45, 7) is 4.12. The Balaban J connectivity index is 2.05. The predicted molar refractivity (Wildman–Crippen MR) is 99.3 cm³/mol. The van der Waals surface area contributed by atoms with Gasteiger partial charge in [-0.1, -0.05) is 43.6 Å². The Morgan fingerprint density at radius 1 is 1.23 bits per heavy atom. The highest BCUT2D eigenvalue weighted by molar-refractivity contribution is 7.89. The smallest absolute Gasteiger partial charge is 0.290 e. The number of sulfonamides is 1. The molecule has 0 radical (unpaired) electrons. The molecule has 0 unspecified atom stereocenters. The van der Waals surface area contributed by atoms with E-state index in [1.165, 1.54) is 6.07 Å². The topological polar surface area (TPSA) is 98.5 Å². The Labute approximate surface area is 157 Å². The maximum atomic E-state index is 12.3. The van der Waals surface area contributed by atoms with Gasteiger partial charge in [-0.3, -0.25) is 10.1 Å². The largest absolute Gasteiger partial charge is 0.492 e. The van der Waals surface area contributed by atoms with Crippen LogP contribution in [0.4, 0.5) is 5.69 Å². The van der Waals surface area contributed by atoms with Crippen LogP contribution in [0.5, 0.6) is 5.75 Å². The summed E-state index contributed by atoms with van der Waals surface area (Å²) >= 11 is 5.71. The van der Waals surface area contributed by atoms with E-state index in [-0.39, 0.29) is 24.1 Å². The molecule has 0 bridgehead atoms. The van der Waals surface area contributed by atoms with Crippen LogP contribution >= 0.6 is 11.6 Å². The summed E-state index contributed by atoms with van der Waals surface area (Å²) in [4.78, 5) is 9.85. The molecule has 2 rings (SSSR count). The number of hydrogen-bond acceptors (Lipinski definition) is 5. The number of rotatable bonds is 8. The molecule has 0 aliphatic carbocycles. The first-order valence-corrected chi connectivity index (χ1v) is 9.74. The van der Waals surface area contributed by atoms with E-state index in [0.29, 0.717) is 5.75 Å². The van der Waals surface area contributed by atoms with E-state index in [2.05, 4.69) is 4.72 Å². The average Bonchev–Trinajstić information content (AvgIpc) is 2.58. The highest BCUT2D eigenvalue weighted by Crippen LogP contribution is 2.27. The van der Waals surface area contributed by atoms with Gasteiger partial charge in [-0.2, -0.15) is 0 Å². The number of hydrogen-bond donors (Lipinski definition) is 1. The van der Waals surface area contributed by atoms with Gasteiger partial charge in [0.2, 0.25) is 10.0 Å². The molecule has 0 saturated heterocycles. The average molecular weight is 399 g/mol. The molecule has 0 aliphatic heterocycles. The molecule has 0 spiro atoms. The van der Waals surface area contributed by atoms with Gasteiger partial charge >= 0.3 is 0 Å². The van der Waals surface area contributed by atoms with Gasteiger partial charge in [0.25, 0.3) is 5.69 Å². The number of nitro benzene ring substituents is 1. The summed E-state index contributed by atoms with van der Waals surface area (Å²) in [7, 11) is -4.06. The fourth-order valence-electron chi connectivity index (χ4n) is 2.36. The molecule has 9 heteroatoms. The molecule has 0 fully saturated rings. The third-order valence-corrected chi connectivity index (χ3v) is 5.34. The SMILES string of the molecule is CC(C)c1ccccc1OCCNS(=O)(=O)c1ccc(Cl)cc1[N+](=O)[O-]. The molecular weight excluding hydrogens is 380 g/mol. The van der Waals surface area contributed by atoms with Crippen molar-refractivity contribution in [1.82, 2.24) is 4.72 Å². The third-order valence-electron chi connectivity index (χ3n) is 3.60. The first-order valence-electron chi connectivity index (χ1n) is 7.87. The first kappa shape index (κ1) is 20.2. The van der Waals surface area contributed by atoms with Crippen molar-refractivity contribution in [2.45, 2.75) is 24.7 Å². The monoisotopic (exact) mass is 398 g/mol. The van der Waals surface area contributed by atoms with Crippen molar-refractivity contribution in [3.8, 4) is 5.75 Å². The lowest BCUT2D eigenvalue weighted by Gasteiger charge is -2.14. The number of nitro groups is 1. The Bertz CT molecular complexity index is 900. The normalized spacial score (nSPS) is 11.5. The highest BCUT2D eigenvalue weighted by Gasteiger charge is 2.25. The van der Waals surface area contributed by atoms with Crippen molar-refractivity contribution < 1.29 is 18.1 Å². The molecule has 26 heavy (non-hydrogen) atoms. The lowest BCUT2D eigenvalue weighted by molar-refractivity contribution is -0.387. The van der Waals surface area contributed by atoms with Gasteiger partial charge < -0.3 is 4.74 Å². The van der Waals surface area contributed by atoms with Gasteiger partial charge in [0, 0.05) is 17.6 Å². The Kier molecular flexibility index (Phi) is 6.57. The van der Waals surface area contributed by atoms with E-state index in [1.807, 2.05) is 38.1 Å². The van der Waals surface area contributed by atoms with Crippen LogP contribution in [0, 0.1) is 10.1 Å². The molecule has 0 atom stereocenters. The first-order chi connectivity index (χ1) is 12.2. The number of para-hydroxylation sites is 1. The zero-order chi connectivity index (χ0) is 19.3. The summed E-state index contributed by atoms with van der Waals surface area (Å²) < 4.78 is 32.6. The molecule has 7 nitrogen and oxygen atoms in total. The van der Waals surface area contributed by atoms with Crippen LogP contribution in [-0.4, -0.2) is 26.5 Å². The lowest BCUT2D eigenvalue weighted by Crippen LogP contribution is -2.29. The molecule has 0 aliphatic rings. The van der Waals surface area contributed by atoms with E-state index in [4.69, 9.17) is 16.3 Å². The van der Waals surface area contributed by atoms with Crippen molar-refractivity contribution in [3.63, 3.8) is 0 Å². The number of halogens is 1. The molecule has 2 aromatic rings. The molecule has 0 amide bonds. The van der Waals surface area contributed by atoms with Crippen LogP contribution in [0.25, 0.3) is 0 Å². The minimum Gasteiger partial charge on any atom is -0.492 e. The third kappa shape index (κ3) is 4.94. The van der Waals surface area contributed by atoms with Crippen LogP contribution in [0.1, 0.15) is 25.3 Å². The van der Waals surface area contributed by atoms with Crippen LogP contribution in [0.2, 0.25) is 5.02 Å². The summed E-state index contributed by atoms with van der Waals surface area (Å²) in [5, 5.41) is 11.2. The maximum absolute atomic E-state index is 12.3. The van der Waals surface area contributed by atoms with Crippen LogP contribution in [0.15, 0.2) is 47.4 Å². The maximum Gasteiger partial charge on any atom is 0.290 e. The van der Waals surface area contributed by atoms with Gasteiger partial charge in [0.1, 0.15) is 12.4 Å². The molecule has 0 heterocycles. The Hall–Kier alpha value is -2.16. The van der Waals surface area contributed by atoms with Crippen LogP contribution in [0.3, 0.4) is 0 Å². The van der Waals surface area contributed by atoms with E-state index >= 15 is 0 Å². The van der Waals surface area contributed by atoms with Crippen molar-refractivity contribution in [2.24, 2.45) is 0 Å². The minimum absolute atomic E-state index is 0.0332. The fourth-order valence-corrected chi connectivity index (χ4v) is 3.69. The van der Waals surface area contributed by atoms with Gasteiger partial charge in [0.05, 0.1) is 4.92 Å². The molecule has 0 aromatic heterocycles. The summed E-state index contributed by atoms with van der Waals surface area (Å²) in [6, 6.07) is 10.9. The van der Waals surface area contributed by atoms with Crippen LogP contribution in [-0.2, 0) is 10.0 Å². The number of ether oxygens (including phenoxy) is 1. The van der Waals surface area contributed by atoms with Gasteiger partial charge in [-0.05, 0) is 29.7 Å². The fraction of sp³-hybridized carbons (Fsp3) is 0.294. The molecular formula is C17H19ClN2O5S. The number of nitrogens with zero attached hydrogens (tertiary/aromatic N) is 1. The zero-order valence-corrected chi connectivity index (χ0v) is 15.9. The van der Waals surface area contributed by atoms with Crippen molar-refractivity contribution >= 4 is 27.3 Å². The number of nitrogens with one attached hydrogen (secondary N) is 1. The summed E-state index contributed by atoms with van der Waals surface area (Å²) in [5.74, 6) is 0.943. The second kappa shape index (κ2) is 8.48. The molecule has 2 aromatic carbocycles. The standard InChI is InChI=1S/C17H19ClN2O5S/c1-12(2)14-5-3-4-6-16(14)25-10-9-19-26(23,24)17-8-7-13(18)11-15(17)20(21)22/h3-8,11-12,19H,9-10H2,1-2H3. The minimum atomic E-state index is -4.06. The lowest BCUT2D eigenvalue weighted by atomic mass is 10.0. The van der Waals surface area contributed by atoms with Crippen molar-refractivity contribution in [1.29, 1.82) is 0 Å². The van der Waals surface area contributed by atoms with Gasteiger partial charge in [0.15, 0.2) is 4.90 Å². The van der Waals surface area contributed by atoms with Gasteiger partial charge in [-0.25, -0.2) is 13.1 Å². The zero-order valence-electron chi connectivity index (χ0n) is 14.3. The van der Waals surface area contributed by atoms with Crippen molar-refractivity contribution in [3.05, 3.63) is 63.2 Å². The summed E-state index contributed by atoms with van der Waals surface area (Å²) in [5.41, 5.74) is 0.444. The second-order valence-electron chi connectivity index (χ2n) is 5.81. The molecule has 140 valence electrons. The van der Waals surface area contributed by atoms with Crippen molar-refractivity contribution in [2.75, 3.05) is 13.2 Å². The highest BCUT2D eigenvalue weighted by atomic mass is 35.5. The van der Waals surface area contributed by atoms with E-state index in [0.717, 1.165) is 17.7 Å². The Morgan fingerprint density at radius 2 is 1.92 bits per heavy atom. The quantitative estimate of drug-likeness (QED) is 0.415. The number of benzene rings is 2. The molecule has 1 N–H and O–H groups in total. The second-order valence-corrected chi connectivity index (χ2v) is 7.98. The van der Waals surface area contributed by atoms with E-state index < -0.39 is 25.5 Å². The summed E-state index contributed by atoms with van der Waals surface area (Å²) in [6.07, 6.45) is 0. The predicted octanol–water partition coefficient (Wildman–Crippen LogP) is 3.73. The van der Waals surface area contributed by atoms with Crippen LogP contribution < -0.4 is 9.46 Å². The van der Waals surface area contributed by atoms with E-state index in [1.54, 1.807) is 0 Å².